The number of anilines is 1. The van der Waals surface area contributed by atoms with Gasteiger partial charge in [-0.3, -0.25) is 9.59 Å². The summed E-state index contributed by atoms with van der Waals surface area (Å²) in [6.07, 6.45) is 1.16. The van der Waals surface area contributed by atoms with Crippen molar-refractivity contribution in [2.45, 2.75) is 25.7 Å². The largest absolute Gasteiger partial charge is 0.369 e. The van der Waals surface area contributed by atoms with Crippen molar-refractivity contribution in [2.75, 3.05) is 24.5 Å². The minimum atomic E-state index is -0.609. The molecule has 0 spiro atoms. The molecular weight excluding hydrogens is 453 g/mol. The number of amides is 2. The second-order valence-electron chi connectivity index (χ2n) is 8.59. The van der Waals surface area contributed by atoms with Crippen LogP contribution in [0, 0.1) is 12.7 Å². The van der Waals surface area contributed by atoms with Crippen molar-refractivity contribution in [3.8, 4) is 0 Å². The maximum absolute atomic E-state index is 13.5. The summed E-state index contributed by atoms with van der Waals surface area (Å²) in [7, 11) is 0. The summed E-state index contributed by atoms with van der Waals surface area (Å²) in [6, 6.07) is 17.5. The Bertz CT molecular complexity index is 1230. The van der Waals surface area contributed by atoms with Gasteiger partial charge in [0.1, 0.15) is 5.82 Å². The molecule has 0 saturated carbocycles. The normalized spacial score (nSPS) is 13.4. The molecule has 0 saturated heterocycles. The first-order valence-electron chi connectivity index (χ1n) is 11.3. The van der Waals surface area contributed by atoms with Gasteiger partial charge in [0, 0.05) is 35.9 Å². The van der Waals surface area contributed by atoms with E-state index in [1.807, 2.05) is 31.2 Å². The van der Waals surface area contributed by atoms with E-state index < -0.39 is 11.8 Å². The highest BCUT2D eigenvalue weighted by Crippen LogP contribution is 2.30. The number of rotatable bonds is 8. The van der Waals surface area contributed by atoms with E-state index in [2.05, 4.69) is 10.2 Å². The molecule has 1 aliphatic heterocycles. The predicted octanol–water partition coefficient (Wildman–Crippen LogP) is 4.39. The van der Waals surface area contributed by atoms with Crippen LogP contribution in [0.25, 0.3) is 0 Å². The fourth-order valence-corrected chi connectivity index (χ4v) is 4.90. The van der Waals surface area contributed by atoms with Crippen LogP contribution >= 0.6 is 11.6 Å². The molecule has 1 atom stereocenters. The van der Waals surface area contributed by atoms with Crippen LogP contribution in [0.2, 0.25) is 5.02 Å². The summed E-state index contributed by atoms with van der Waals surface area (Å²) in [5.74, 6) is -1.60. The first kappa shape index (κ1) is 23.8. The summed E-state index contributed by atoms with van der Waals surface area (Å²) in [6.45, 7) is 3.68. The maximum atomic E-state index is 13.5. The molecule has 0 fully saturated rings. The van der Waals surface area contributed by atoms with Crippen molar-refractivity contribution in [1.82, 2.24) is 5.32 Å². The van der Waals surface area contributed by atoms with Crippen molar-refractivity contribution < 1.29 is 14.0 Å². The molecule has 5 nitrogen and oxygen atoms in total. The third kappa shape index (κ3) is 5.23. The average molecular weight is 480 g/mol. The Morgan fingerprint density at radius 2 is 1.94 bits per heavy atom. The van der Waals surface area contributed by atoms with E-state index in [9.17, 15) is 14.0 Å². The van der Waals surface area contributed by atoms with Gasteiger partial charge >= 0.3 is 0 Å². The number of nitrogens with one attached hydrogen (secondary N) is 1. The molecule has 176 valence electrons. The number of hydrogen-bond acceptors (Lipinski definition) is 3. The number of carbonyl (C=O) groups is 2. The third-order valence-electron chi connectivity index (χ3n) is 6.30. The van der Waals surface area contributed by atoms with Gasteiger partial charge in [-0.05, 0) is 78.4 Å². The van der Waals surface area contributed by atoms with Crippen LogP contribution < -0.4 is 16.0 Å². The van der Waals surface area contributed by atoms with Gasteiger partial charge < -0.3 is 16.0 Å². The highest BCUT2D eigenvalue weighted by Gasteiger charge is 2.27. The van der Waals surface area contributed by atoms with Crippen molar-refractivity contribution in [1.29, 1.82) is 0 Å². The zero-order chi connectivity index (χ0) is 24.2. The molecule has 3 aromatic carbocycles. The topological polar surface area (TPSA) is 75.4 Å². The zero-order valence-electron chi connectivity index (χ0n) is 19.0. The fourth-order valence-electron chi connectivity index (χ4n) is 4.69. The van der Waals surface area contributed by atoms with Crippen LogP contribution in [-0.2, 0) is 17.6 Å². The van der Waals surface area contributed by atoms with Gasteiger partial charge in [0.2, 0.25) is 11.8 Å². The predicted molar refractivity (Wildman–Crippen MR) is 133 cm³/mol. The molecule has 4 rings (SSSR count). The van der Waals surface area contributed by atoms with Crippen LogP contribution in [0.5, 0.6) is 0 Å². The highest BCUT2D eigenvalue weighted by atomic mass is 35.5. The third-order valence-corrected chi connectivity index (χ3v) is 6.53. The van der Waals surface area contributed by atoms with Gasteiger partial charge in [-0.25, -0.2) is 4.39 Å². The van der Waals surface area contributed by atoms with Crippen LogP contribution in [0.4, 0.5) is 10.1 Å². The van der Waals surface area contributed by atoms with E-state index in [4.69, 9.17) is 17.3 Å². The molecule has 1 heterocycles. The number of fused-ring (bicyclic) bond motifs is 1. The smallest absolute Gasteiger partial charge is 0.249 e. The number of aryl methyl sites for hydroxylation is 1. The molecule has 3 aromatic rings. The van der Waals surface area contributed by atoms with Crippen LogP contribution in [-0.4, -0.2) is 31.4 Å². The average Bonchev–Trinajstić information content (AvgIpc) is 3.19. The van der Waals surface area contributed by atoms with Gasteiger partial charge in [0.05, 0.1) is 5.92 Å². The van der Waals surface area contributed by atoms with Crippen molar-refractivity contribution in [3.63, 3.8) is 0 Å². The molecule has 0 unspecified atom stereocenters. The van der Waals surface area contributed by atoms with Gasteiger partial charge in [0.25, 0.3) is 0 Å². The monoisotopic (exact) mass is 479 g/mol. The number of primary amides is 1. The molecule has 0 aliphatic carbocycles. The summed E-state index contributed by atoms with van der Waals surface area (Å²) in [5, 5.41) is 3.62. The first-order chi connectivity index (χ1) is 16.3. The SMILES string of the molecule is Cc1cccc(C(N)=O)c1[C@H](Cc1cccc(Cl)c1)C(=O)NCCN1CCc2cc(F)ccc21. The van der Waals surface area contributed by atoms with Crippen molar-refractivity contribution in [2.24, 2.45) is 5.73 Å². The molecule has 1 aliphatic rings. The van der Waals surface area contributed by atoms with E-state index >= 15 is 0 Å². The lowest BCUT2D eigenvalue weighted by atomic mass is 9.85. The number of carbonyl (C=O) groups excluding carboxylic acids is 2. The first-order valence-corrected chi connectivity index (χ1v) is 11.7. The molecular formula is C27H27ClFN3O2. The molecule has 2 amide bonds. The summed E-state index contributed by atoms with van der Waals surface area (Å²) in [5.41, 5.74) is 10.3. The summed E-state index contributed by atoms with van der Waals surface area (Å²) < 4.78 is 13.5. The van der Waals surface area contributed by atoms with Gasteiger partial charge in [-0.15, -0.1) is 0 Å². The highest BCUT2D eigenvalue weighted by molar-refractivity contribution is 6.30. The lowest BCUT2D eigenvalue weighted by molar-refractivity contribution is -0.122. The molecule has 0 aromatic heterocycles. The summed E-state index contributed by atoms with van der Waals surface area (Å²) >= 11 is 6.17. The minimum Gasteiger partial charge on any atom is -0.369 e. The Kier molecular flexibility index (Phi) is 7.17. The molecule has 34 heavy (non-hydrogen) atoms. The lowest BCUT2D eigenvalue weighted by Gasteiger charge is -2.23. The number of halogens is 2. The van der Waals surface area contributed by atoms with Gasteiger partial charge in [0.15, 0.2) is 0 Å². The van der Waals surface area contributed by atoms with Crippen LogP contribution in [0.1, 0.15) is 38.5 Å². The van der Waals surface area contributed by atoms with E-state index in [1.54, 1.807) is 30.3 Å². The quantitative estimate of drug-likeness (QED) is 0.503. The Morgan fingerprint density at radius 1 is 1.15 bits per heavy atom. The van der Waals surface area contributed by atoms with Crippen LogP contribution in [0.15, 0.2) is 60.7 Å². The standard InChI is InChI=1S/C27H27ClFN3O2/c1-17-4-2-7-22(26(30)33)25(17)23(15-18-5-3-6-20(28)14-18)27(34)31-11-13-32-12-10-19-16-21(29)8-9-24(19)32/h2-9,14,16,23H,10-13,15H2,1H3,(H2,30,33)(H,31,34)/t23-/m0/s1. The fraction of sp³-hybridized carbons (Fsp3) is 0.259. The van der Waals surface area contributed by atoms with E-state index in [-0.39, 0.29) is 11.7 Å². The number of nitrogens with two attached hydrogens (primary N) is 1. The van der Waals surface area contributed by atoms with Crippen LogP contribution in [0.3, 0.4) is 0 Å². The Balaban J connectivity index is 1.54. The van der Waals surface area contributed by atoms with E-state index in [0.717, 1.165) is 35.3 Å². The van der Waals surface area contributed by atoms with Gasteiger partial charge in [-0.1, -0.05) is 35.9 Å². The number of hydrogen-bond donors (Lipinski definition) is 2. The molecule has 0 radical (unpaired) electrons. The zero-order valence-corrected chi connectivity index (χ0v) is 19.7. The number of benzene rings is 3. The molecule has 7 heteroatoms. The van der Waals surface area contributed by atoms with E-state index in [0.29, 0.717) is 35.7 Å². The number of nitrogens with zero attached hydrogens (tertiary/aromatic N) is 1. The van der Waals surface area contributed by atoms with Crippen molar-refractivity contribution >= 4 is 29.1 Å². The van der Waals surface area contributed by atoms with Crippen molar-refractivity contribution in [3.05, 3.63) is 99.3 Å². The minimum absolute atomic E-state index is 0.185. The Hall–Kier alpha value is -3.38. The molecule has 0 bridgehead atoms. The maximum Gasteiger partial charge on any atom is 0.249 e. The summed E-state index contributed by atoms with van der Waals surface area (Å²) in [4.78, 5) is 27.8. The van der Waals surface area contributed by atoms with E-state index in [1.165, 1.54) is 6.07 Å². The Labute approximate surface area is 203 Å². The lowest BCUT2D eigenvalue weighted by Crippen LogP contribution is -2.38. The second kappa shape index (κ2) is 10.3. The second-order valence-corrected chi connectivity index (χ2v) is 9.02. The molecule has 3 N–H and O–H groups in total. The van der Waals surface area contributed by atoms with Gasteiger partial charge in [-0.2, -0.15) is 0 Å². The Morgan fingerprint density at radius 3 is 2.71 bits per heavy atom.